The van der Waals surface area contributed by atoms with Gasteiger partial charge in [-0.05, 0) is 37.2 Å². The molecule has 9 nitrogen and oxygen atoms in total. The molecule has 0 aromatic carbocycles. The summed E-state index contributed by atoms with van der Waals surface area (Å²) in [6.07, 6.45) is -1.84. The number of carboxylic acid groups (broad SMARTS) is 1. The normalized spacial score (nSPS) is 21.3. The molecule has 0 unspecified atom stereocenters. The lowest BCUT2D eigenvalue weighted by atomic mass is 9.73. The van der Waals surface area contributed by atoms with E-state index in [0.717, 1.165) is 18.9 Å². The number of piperidine rings is 1. The number of anilines is 1. The van der Waals surface area contributed by atoms with Crippen LogP contribution in [-0.2, 0) is 12.7 Å². The maximum atomic E-state index is 13.9. The number of likely N-dealkylation sites (tertiary alicyclic amines) is 1. The lowest BCUT2D eigenvalue weighted by Gasteiger charge is -2.44. The van der Waals surface area contributed by atoms with Gasteiger partial charge in [0.25, 0.3) is 0 Å². The Hall–Kier alpha value is -3.33. The van der Waals surface area contributed by atoms with E-state index in [1.165, 1.54) is 16.0 Å². The van der Waals surface area contributed by atoms with Crippen LogP contribution in [0, 0.1) is 22.7 Å². The molecule has 0 saturated carbocycles. The van der Waals surface area contributed by atoms with E-state index >= 15 is 0 Å². The molecule has 1 amide bonds. The Morgan fingerprint density at radius 2 is 1.94 bits per heavy atom. The van der Waals surface area contributed by atoms with Crippen molar-refractivity contribution in [3.8, 4) is 17.3 Å². The molecule has 36 heavy (non-hydrogen) atoms. The monoisotopic (exact) mass is 506 g/mol. The fourth-order valence-corrected chi connectivity index (χ4v) is 5.07. The topological polar surface area (TPSA) is 119 Å². The van der Waals surface area contributed by atoms with Crippen LogP contribution in [0.2, 0.25) is 0 Å². The molecule has 2 aliphatic rings. The highest BCUT2D eigenvalue weighted by atomic mass is 19.4. The van der Waals surface area contributed by atoms with Gasteiger partial charge in [-0.1, -0.05) is 13.8 Å². The summed E-state index contributed by atoms with van der Waals surface area (Å²) in [5.74, 6) is 0.162. The summed E-state index contributed by atoms with van der Waals surface area (Å²) in [5, 5.41) is 32.9. The molecular weight excluding hydrogens is 477 g/mol. The van der Waals surface area contributed by atoms with Crippen molar-refractivity contribution in [3.05, 3.63) is 29.6 Å². The predicted octanol–water partition coefficient (Wildman–Crippen LogP) is 3.82. The molecule has 0 bridgehead atoms. The average molecular weight is 507 g/mol. The highest BCUT2D eigenvalue weighted by Crippen LogP contribution is 2.40. The van der Waals surface area contributed by atoms with E-state index in [1.807, 2.05) is 0 Å². The van der Waals surface area contributed by atoms with E-state index in [2.05, 4.69) is 23.9 Å². The highest BCUT2D eigenvalue weighted by molar-refractivity contribution is 5.69. The number of hydrogen-bond donors (Lipinski definition) is 2. The number of alkyl halides is 3. The minimum Gasteiger partial charge on any atom is -0.465 e. The summed E-state index contributed by atoms with van der Waals surface area (Å²) >= 11 is 0. The van der Waals surface area contributed by atoms with Gasteiger partial charge in [0.2, 0.25) is 0 Å². The summed E-state index contributed by atoms with van der Waals surface area (Å²) < 4.78 is 43.3. The highest BCUT2D eigenvalue weighted by Gasteiger charge is 2.41. The van der Waals surface area contributed by atoms with Crippen LogP contribution >= 0.6 is 0 Å². The Morgan fingerprint density at radius 1 is 1.28 bits per heavy atom. The number of pyridine rings is 1. The average Bonchev–Trinajstić information content (AvgIpc) is 3.28. The van der Waals surface area contributed by atoms with Crippen molar-refractivity contribution in [1.29, 1.82) is 5.26 Å². The lowest BCUT2D eigenvalue weighted by molar-refractivity contribution is -0.137. The molecule has 2 saturated heterocycles. The maximum Gasteiger partial charge on any atom is 0.417 e. The smallest absolute Gasteiger partial charge is 0.417 e. The fraction of sp³-hybridized carbons (Fsp3) is 0.583. The van der Waals surface area contributed by atoms with Gasteiger partial charge in [-0.15, -0.1) is 0 Å². The van der Waals surface area contributed by atoms with Gasteiger partial charge < -0.3 is 20.0 Å². The molecule has 4 rings (SSSR count). The Morgan fingerprint density at radius 3 is 2.47 bits per heavy atom. The van der Waals surface area contributed by atoms with Crippen LogP contribution in [0.15, 0.2) is 18.5 Å². The van der Waals surface area contributed by atoms with Crippen molar-refractivity contribution in [2.75, 3.05) is 24.5 Å². The number of aliphatic hydroxyl groups excluding tert-OH is 1. The molecule has 2 aromatic rings. The van der Waals surface area contributed by atoms with Crippen LogP contribution in [0.4, 0.5) is 23.8 Å². The van der Waals surface area contributed by atoms with E-state index in [-0.39, 0.29) is 29.4 Å². The zero-order valence-electron chi connectivity index (χ0n) is 20.3. The van der Waals surface area contributed by atoms with Crippen LogP contribution < -0.4 is 4.90 Å². The summed E-state index contributed by atoms with van der Waals surface area (Å²) in [4.78, 5) is 18.5. The van der Waals surface area contributed by atoms with Crippen molar-refractivity contribution in [1.82, 2.24) is 19.7 Å². The van der Waals surface area contributed by atoms with Crippen LogP contribution in [-0.4, -0.2) is 67.8 Å². The van der Waals surface area contributed by atoms with E-state index < -0.39 is 35.5 Å². The van der Waals surface area contributed by atoms with Crippen molar-refractivity contribution >= 4 is 11.9 Å². The standard InChI is InChI=1S/C24H29F3N6O3/c1-14-20(34)12-33(14)21-17(9-28)18(24(25,26)27)8-19(30-21)15-10-29-32(11-15)13-23(2,3)16-4-6-31(7-5-16)22(35)36/h8,10-11,14,16,20,34H,4-7,12-13H2,1-3H3,(H,35,36)/t14-,20+/m0/s1. The summed E-state index contributed by atoms with van der Waals surface area (Å²) in [5.41, 5.74) is -1.43. The first-order valence-corrected chi connectivity index (χ1v) is 11.8. The Bertz CT molecular complexity index is 1180. The summed E-state index contributed by atoms with van der Waals surface area (Å²) in [6, 6.07) is 2.06. The molecule has 12 heteroatoms. The summed E-state index contributed by atoms with van der Waals surface area (Å²) in [7, 11) is 0. The Kier molecular flexibility index (Phi) is 6.64. The molecule has 4 heterocycles. The molecule has 0 aliphatic carbocycles. The molecule has 0 spiro atoms. The van der Waals surface area contributed by atoms with E-state index in [9.17, 15) is 33.4 Å². The van der Waals surface area contributed by atoms with E-state index in [0.29, 0.717) is 25.2 Å². The number of rotatable bonds is 5. The van der Waals surface area contributed by atoms with Crippen LogP contribution in [0.3, 0.4) is 0 Å². The zero-order valence-corrected chi connectivity index (χ0v) is 20.3. The molecule has 2 N–H and O–H groups in total. The lowest BCUT2D eigenvalue weighted by Crippen LogP contribution is -2.59. The number of nitrogens with zero attached hydrogens (tertiary/aromatic N) is 6. The third-order valence-corrected chi connectivity index (χ3v) is 7.49. The minimum absolute atomic E-state index is 0.0451. The van der Waals surface area contributed by atoms with Gasteiger partial charge in [0, 0.05) is 37.9 Å². The SMILES string of the molecule is C[C@H]1[C@H](O)CN1c1nc(-c2cnn(CC(C)(C)C3CCN(C(=O)O)CC3)c2)cc(C(F)(F)F)c1C#N. The second-order valence-corrected chi connectivity index (χ2v) is 10.3. The molecule has 2 aromatic heterocycles. The first kappa shape index (κ1) is 25.8. The first-order chi connectivity index (χ1) is 16.8. The molecule has 2 aliphatic heterocycles. The molecule has 194 valence electrons. The number of amides is 1. The van der Waals surface area contributed by atoms with Crippen molar-refractivity contribution in [2.45, 2.75) is 58.5 Å². The van der Waals surface area contributed by atoms with Crippen LogP contribution in [0.25, 0.3) is 11.3 Å². The zero-order chi connectivity index (χ0) is 26.4. The van der Waals surface area contributed by atoms with Gasteiger partial charge in [-0.25, -0.2) is 9.78 Å². The van der Waals surface area contributed by atoms with Gasteiger partial charge in [0.1, 0.15) is 17.5 Å². The number of aromatic nitrogens is 3. The van der Waals surface area contributed by atoms with E-state index in [1.54, 1.807) is 23.9 Å². The van der Waals surface area contributed by atoms with Gasteiger partial charge in [0.15, 0.2) is 0 Å². The third-order valence-electron chi connectivity index (χ3n) is 7.49. The van der Waals surface area contributed by atoms with Crippen LogP contribution in [0.5, 0.6) is 0 Å². The second-order valence-electron chi connectivity index (χ2n) is 10.3. The minimum atomic E-state index is -4.76. The number of halogens is 3. The predicted molar refractivity (Wildman–Crippen MR) is 124 cm³/mol. The number of aliphatic hydroxyl groups is 1. The number of hydrogen-bond acceptors (Lipinski definition) is 6. The Balaban J connectivity index is 1.61. The van der Waals surface area contributed by atoms with Gasteiger partial charge in [-0.2, -0.15) is 23.5 Å². The summed E-state index contributed by atoms with van der Waals surface area (Å²) in [6.45, 7) is 7.34. The fourth-order valence-electron chi connectivity index (χ4n) is 5.07. The largest absolute Gasteiger partial charge is 0.465 e. The van der Waals surface area contributed by atoms with E-state index in [4.69, 9.17) is 0 Å². The second kappa shape index (κ2) is 9.28. The molecule has 2 atom stereocenters. The van der Waals surface area contributed by atoms with Crippen LogP contribution in [0.1, 0.15) is 44.7 Å². The Labute approximate surface area is 206 Å². The van der Waals surface area contributed by atoms with Crippen molar-refractivity contribution in [3.63, 3.8) is 0 Å². The molecule has 2 fully saturated rings. The molecule has 0 radical (unpaired) electrons. The van der Waals surface area contributed by atoms with Crippen molar-refractivity contribution < 1.29 is 28.2 Å². The van der Waals surface area contributed by atoms with Gasteiger partial charge >= 0.3 is 12.3 Å². The third kappa shape index (κ3) is 4.84. The van der Waals surface area contributed by atoms with Crippen molar-refractivity contribution in [2.24, 2.45) is 11.3 Å². The quantitative estimate of drug-likeness (QED) is 0.633. The van der Waals surface area contributed by atoms with Gasteiger partial charge in [0.05, 0.1) is 29.6 Å². The number of nitriles is 1. The number of carbonyl (C=O) groups is 1. The number of β-amino-alcohol motifs (C(OH)–C–C–N with tert-alkyl or cyclic N) is 1. The first-order valence-electron chi connectivity index (χ1n) is 11.8. The maximum absolute atomic E-state index is 13.9. The van der Waals surface area contributed by atoms with Gasteiger partial charge in [-0.3, -0.25) is 4.68 Å². The molecular formula is C24H29F3N6O3.